The number of methoxy groups -OCH3 is 1. The van der Waals surface area contributed by atoms with Gasteiger partial charge in [0.25, 0.3) is 0 Å². The summed E-state index contributed by atoms with van der Waals surface area (Å²) in [6.07, 6.45) is 7.13. The van der Waals surface area contributed by atoms with Crippen LogP contribution in [0.3, 0.4) is 0 Å². The molecule has 2 aromatic rings. The number of rotatable bonds is 11. The minimum absolute atomic E-state index is 0.0655. The summed E-state index contributed by atoms with van der Waals surface area (Å²) < 4.78 is 7.10. The molecule has 1 amide bonds. The van der Waals surface area contributed by atoms with Crippen LogP contribution in [0, 0.1) is 0 Å². The quantitative estimate of drug-likeness (QED) is 0.473. The van der Waals surface area contributed by atoms with E-state index in [0.717, 1.165) is 35.3 Å². The molecule has 6 nitrogen and oxygen atoms in total. The van der Waals surface area contributed by atoms with Gasteiger partial charge in [-0.15, -0.1) is 10.2 Å². The van der Waals surface area contributed by atoms with Crippen LogP contribution in [-0.2, 0) is 18.3 Å². The zero-order chi connectivity index (χ0) is 18.8. The Labute approximate surface area is 159 Å². The molecule has 7 heteroatoms. The van der Waals surface area contributed by atoms with E-state index in [4.69, 9.17) is 4.74 Å². The number of hydrogen-bond donors (Lipinski definition) is 1. The van der Waals surface area contributed by atoms with Crippen LogP contribution < -0.4 is 10.1 Å². The molecule has 0 saturated heterocycles. The van der Waals surface area contributed by atoms with Gasteiger partial charge in [0.2, 0.25) is 5.91 Å². The monoisotopic (exact) mass is 376 g/mol. The normalized spacial score (nSPS) is 10.7. The second kappa shape index (κ2) is 10.9. The molecule has 1 aromatic heterocycles. The molecule has 0 fully saturated rings. The van der Waals surface area contributed by atoms with Crippen molar-refractivity contribution in [1.82, 2.24) is 14.8 Å². The predicted molar refractivity (Wildman–Crippen MR) is 106 cm³/mol. The minimum Gasteiger partial charge on any atom is -0.497 e. The third kappa shape index (κ3) is 6.37. The van der Waals surface area contributed by atoms with Crippen LogP contribution in [-0.4, -0.2) is 33.5 Å². The second-order valence-corrected chi connectivity index (χ2v) is 7.13. The number of carbonyl (C=O) groups excluding carboxylic acids is 1. The van der Waals surface area contributed by atoms with E-state index in [1.807, 2.05) is 35.9 Å². The van der Waals surface area contributed by atoms with Gasteiger partial charge in [-0.2, -0.15) is 0 Å². The summed E-state index contributed by atoms with van der Waals surface area (Å²) in [4.78, 5) is 12.1. The Morgan fingerprint density at radius 3 is 2.58 bits per heavy atom. The van der Waals surface area contributed by atoms with Gasteiger partial charge in [0, 0.05) is 19.2 Å². The van der Waals surface area contributed by atoms with Crippen molar-refractivity contribution in [2.75, 3.05) is 18.2 Å². The highest BCUT2D eigenvalue weighted by Crippen LogP contribution is 2.19. The van der Waals surface area contributed by atoms with E-state index in [1.165, 1.54) is 37.4 Å². The molecule has 1 N–H and O–H groups in total. The molecule has 0 radical (unpaired) electrons. The van der Waals surface area contributed by atoms with E-state index < -0.39 is 0 Å². The first kappa shape index (κ1) is 20.3. The Bertz CT molecular complexity index is 685. The van der Waals surface area contributed by atoms with Crippen LogP contribution in [0.2, 0.25) is 0 Å². The van der Waals surface area contributed by atoms with E-state index in [-0.39, 0.29) is 5.91 Å². The van der Waals surface area contributed by atoms with Gasteiger partial charge in [0.05, 0.1) is 12.9 Å². The summed E-state index contributed by atoms with van der Waals surface area (Å²) in [7, 11) is 3.58. The zero-order valence-corrected chi connectivity index (χ0v) is 16.6. The average Bonchev–Trinajstić information content (AvgIpc) is 3.00. The van der Waals surface area contributed by atoms with Gasteiger partial charge < -0.3 is 14.6 Å². The molecular weight excluding hydrogens is 348 g/mol. The number of benzene rings is 1. The van der Waals surface area contributed by atoms with E-state index in [9.17, 15) is 4.79 Å². The largest absolute Gasteiger partial charge is 0.497 e. The van der Waals surface area contributed by atoms with Gasteiger partial charge in [-0.25, -0.2) is 0 Å². The Balaban J connectivity index is 1.76. The molecule has 0 spiro atoms. The molecular formula is C19H28N4O2S. The lowest BCUT2D eigenvalue weighted by molar-refractivity contribution is -0.113. The zero-order valence-electron chi connectivity index (χ0n) is 15.8. The van der Waals surface area contributed by atoms with E-state index in [1.54, 1.807) is 7.11 Å². The van der Waals surface area contributed by atoms with E-state index >= 15 is 0 Å². The third-order valence-corrected chi connectivity index (χ3v) is 5.16. The minimum atomic E-state index is -0.0655. The van der Waals surface area contributed by atoms with Crippen molar-refractivity contribution < 1.29 is 9.53 Å². The molecule has 0 unspecified atom stereocenters. The van der Waals surface area contributed by atoms with Crippen molar-refractivity contribution in [3.63, 3.8) is 0 Å². The summed E-state index contributed by atoms with van der Waals surface area (Å²) in [6, 6.07) is 7.27. The van der Waals surface area contributed by atoms with Gasteiger partial charge in [-0.1, -0.05) is 44.4 Å². The third-order valence-electron chi connectivity index (χ3n) is 4.14. The highest BCUT2D eigenvalue weighted by molar-refractivity contribution is 7.99. The molecule has 0 bridgehead atoms. The van der Waals surface area contributed by atoms with Crippen LogP contribution in [0.1, 0.15) is 44.9 Å². The molecule has 2 rings (SSSR count). The molecule has 142 valence electrons. The first-order valence-electron chi connectivity index (χ1n) is 9.09. The van der Waals surface area contributed by atoms with Crippen LogP contribution in [0.15, 0.2) is 29.4 Å². The molecule has 0 aliphatic heterocycles. The number of nitrogens with zero attached hydrogens (tertiary/aromatic N) is 3. The van der Waals surface area contributed by atoms with E-state index in [2.05, 4.69) is 22.4 Å². The van der Waals surface area contributed by atoms with Crippen molar-refractivity contribution in [1.29, 1.82) is 0 Å². The highest BCUT2D eigenvalue weighted by Gasteiger charge is 2.11. The van der Waals surface area contributed by atoms with Gasteiger partial charge in [-0.3, -0.25) is 4.79 Å². The number of carbonyl (C=O) groups is 1. The molecule has 0 aliphatic rings. The van der Waals surface area contributed by atoms with E-state index in [0.29, 0.717) is 5.75 Å². The fourth-order valence-electron chi connectivity index (χ4n) is 2.58. The first-order chi connectivity index (χ1) is 12.6. The van der Waals surface area contributed by atoms with Crippen molar-refractivity contribution in [3.05, 3.63) is 30.1 Å². The Kier molecular flexibility index (Phi) is 8.47. The summed E-state index contributed by atoms with van der Waals surface area (Å²) >= 11 is 1.40. The molecule has 1 heterocycles. The summed E-state index contributed by atoms with van der Waals surface area (Å²) in [5, 5.41) is 12.1. The number of ether oxygens (including phenoxy) is 1. The smallest absolute Gasteiger partial charge is 0.234 e. The molecule has 0 saturated carbocycles. The number of anilines is 1. The maximum Gasteiger partial charge on any atom is 0.234 e. The number of thioether (sulfide) groups is 1. The fourth-order valence-corrected chi connectivity index (χ4v) is 3.31. The van der Waals surface area contributed by atoms with Crippen molar-refractivity contribution in [3.8, 4) is 5.75 Å². The average molecular weight is 377 g/mol. The van der Waals surface area contributed by atoms with Crippen LogP contribution >= 0.6 is 11.8 Å². The number of nitrogens with one attached hydrogen (secondary N) is 1. The maximum absolute atomic E-state index is 12.1. The summed E-state index contributed by atoms with van der Waals surface area (Å²) in [5.41, 5.74) is 0.752. The molecule has 26 heavy (non-hydrogen) atoms. The molecule has 0 atom stereocenters. The lowest BCUT2D eigenvalue weighted by Crippen LogP contribution is -2.14. The second-order valence-electron chi connectivity index (χ2n) is 6.19. The van der Waals surface area contributed by atoms with Gasteiger partial charge in [0.1, 0.15) is 11.6 Å². The fraction of sp³-hybridized carbons (Fsp3) is 0.526. The lowest BCUT2D eigenvalue weighted by atomic mass is 10.1. The van der Waals surface area contributed by atoms with Crippen molar-refractivity contribution in [2.45, 2.75) is 50.6 Å². The van der Waals surface area contributed by atoms with Gasteiger partial charge >= 0.3 is 0 Å². The number of amides is 1. The number of aromatic nitrogens is 3. The first-order valence-corrected chi connectivity index (χ1v) is 10.1. The van der Waals surface area contributed by atoms with Crippen LogP contribution in [0.5, 0.6) is 5.75 Å². The van der Waals surface area contributed by atoms with Crippen LogP contribution in [0.25, 0.3) is 0 Å². The summed E-state index contributed by atoms with van der Waals surface area (Å²) in [6.45, 7) is 2.22. The number of unbranched alkanes of at least 4 members (excludes halogenated alkanes) is 4. The van der Waals surface area contributed by atoms with Crippen LogP contribution in [0.4, 0.5) is 5.69 Å². The molecule has 1 aromatic carbocycles. The maximum atomic E-state index is 12.1. The topological polar surface area (TPSA) is 69.0 Å². The van der Waals surface area contributed by atoms with Gasteiger partial charge in [-0.05, 0) is 30.7 Å². The number of aryl methyl sites for hydroxylation is 1. The van der Waals surface area contributed by atoms with Gasteiger partial charge in [0.15, 0.2) is 5.16 Å². The SMILES string of the molecule is CCCCCCCc1nnc(SCC(=O)Nc2ccc(OC)cc2)n1C. The predicted octanol–water partition coefficient (Wildman–Crippen LogP) is 4.07. The molecule has 0 aliphatic carbocycles. The standard InChI is InChI=1S/C19H28N4O2S/c1-4-5-6-7-8-9-17-21-22-19(23(17)2)26-14-18(24)20-15-10-12-16(25-3)13-11-15/h10-13H,4-9,14H2,1-3H3,(H,20,24). The lowest BCUT2D eigenvalue weighted by Gasteiger charge is -2.06. The highest BCUT2D eigenvalue weighted by atomic mass is 32.2. The Morgan fingerprint density at radius 1 is 1.15 bits per heavy atom. The van der Waals surface area contributed by atoms with Crippen molar-refractivity contribution in [2.24, 2.45) is 7.05 Å². The Morgan fingerprint density at radius 2 is 1.88 bits per heavy atom. The van der Waals surface area contributed by atoms with Crippen molar-refractivity contribution >= 4 is 23.4 Å². The Hall–Kier alpha value is -2.02. The number of hydrogen-bond acceptors (Lipinski definition) is 5. The summed E-state index contributed by atoms with van der Waals surface area (Å²) in [5.74, 6) is 1.98.